The molecule has 0 saturated heterocycles. The highest BCUT2D eigenvalue weighted by Crippen LogP contribution is 2.13. The largest absolute Gasteiger partial charge is 0.396 e. The number of aliphatic hydroxyl groups excluding tert-OH is 1. The van der Waals surface area contributed by atoms with E-state index in [9.17, 15) is 14.4 Å². The van der Waals surface area contributed by atoms with E-state index in [0.717, 1.165) is 19.3 Å². The van der Waals surface area contributed by atoms with Gasteiger partial charge < -0.3 is 20.6 Å². The molecule has 138 valence electrons. The van der Waals surface area contributed by atoms with Crippen LogP contribution in [0.2, 0.25) is 0 Å². The van der Waals surface area contributed by atoms with Crippen molar-refractivity contribution in [3.05, 3.63) is 11.6 Å². The van der Waals surface area contributed by atoms with Gasteiger partial charge in [0.1, 0.15) is 0 Å². The third-order valence-corrected chi connectivity index (χ3v) is 3.76. The van der Waals surface area contributed by atoms with Crippen molar-refractivity contribution < 1.29 is 19.5 Å². The number of amides is 3. The fourth-order valence-electron chi connectivity index (χ4n) is 2.26. The lowest BCUT2D eigenvalue weighted by molar-refractivity contribution is -0.132. The average Bonchev–Trinajstić information content (AvgIpc) is 2.55. The molecule has 0 aliphatic carbocycles. The SMILES string of the molecule is CC(=C[C@H](C(C)C)N(C)C(=O)CNC=O)C(=O)NCCCCCO. The first-order valence-electron chi connectivity index (χ1n) is 8.35. The Balaban J connectivity index is 4.69. The van der Waals surface area contributed by atoms with Crippen molar-refractivity contribution in [1.29, 1.82) is 0 Å². The molecule has 0 bridgehead atoms. The molecule has 3 N–H and O–H groups in total. The standard InChI is InChI=1S/C17H31N3O4/c1-13(2)15(20(4)16(23)11-18-12-22)10-14(3)17(24)19-8-6-5-7-9-21/h10,12-13,15,21H,5-9,11H2,1-4H3,(H,18,22)(H,19,24)/t15-/m1/s1. The minimum absolute atomic E-state index is 0.0623. The molecule has 0 saturated carbocycles. The van der Waals surface area contributed by atoms with Crippen LogP contribution in [0, 0.1) is 5.92 Å². The Labute approximate surface area is 144 Å². The molecule has 0 rings (SSSR count). The number of nitrogens with one attached hydrogen (secondary N) is 2. The van der Waals surface area contributed by atoms with E-state index in [4.69, 9.17) is 5.11 Å². The zero-order valence-electron chi connectivity index (χ0n) is 15.2. The summed E-state index contributed by atoms with van der Waals surface area (Å²) in [7, 11) is 1.66. The van der Waals surface area contributed by atoms with Gasteiger partial charge >= 0.3 is 0 Å². The van der Waals surface area contributed by atoms with Crippen LogP contribution in [0.4, 0.5) is 0 Å². The lowest BCUT2D eigenvalue weighted by Gasteiger charge is -2.29. The van der Waals surface area contributed by atoms with Crippen LogP contribution in [-0.2, 0) is 14.4 Å². The molecule has 0 aliphatic rings. The van der Waals surface area contributed by atoms with E-state index in [0.29, 0.717) is 18.5 Å². The maximum atomic E-state index is 12.1. The van der Waals surface area contributed by atoms with Crippen LogP contribution in [0.25, 0.3) is 0 Å². The zero-order chi connectivity index (χ0) is 18.5. The number of hydrogen-bond donors (Lipinski definition) is 3. The van der Waals surface area contributed by atoms with Crippen LogP contribution in [0.3, 0.4) is 0 Å². The summed E-state index contributed by atoms with van der Waals surface area (Å²) in [4.78, 5) is 36.0. The lowest BCUT2D eigenvalue weighted by atomic mass is 9.99. The van der Waals surface area contributed by atoms with Gasteiger partial charge in [-0.05, 0) is 32.1 Å². The summed E-state index contributed by atoms with van der Waals surface area (Å²) in [5, 5.41) is 13.9. The molecule has 24 heavy (non-hydrogen) atoms. The molecule has 0 spiro atoms. The van der Waals surface area contributed by atoms with E-state index in [1.807, 2.05) is 13.8 Å². The van der Waals surface area contributed by atoms with E-state index in [2.05, 4.69) is 10.6 Å². The maximum Gasteiger partial charge on any atom is 0.246 e. The molecule has 0 heterocycles. The molecular weight excluding hydrogens is 310 g/mol. The van der Waals surface area contributed by atoms with Gasteiger partial charge in [-0.3, -0.25) is 14.4 Å². The van der Waals surface area contributed by atoms with Crippen LogP contribution in [0.1, 0.15) is 40.0 Å². The normalized spacial score (nSPS) is 12.7. The Bertz CT molecular complexity index is 436. The number of nitrogens with zero attached hydrogens (tertiary/aromatic N) is 1. The zero-order valence-corrected chi connectivity index (χ0v) is 15.2. The number of hydrogen-bond acceptors (Lipinski definition) is 4. The van der Waals surface area contributed by atoms with Gasteiger partial charge in [0.05, 0.1) is 12.6 Å². The van der Waals surface area contributed by atoms with Crippen molar-refractivity contribution in [2.24, 2.45) is 5.92 Å². The van der Waals surface area contributed by atoms with Crippen molar-refractivity contribution >= 4 is 18.2 Å². The summed E-state index contributed by atoms with van der Waals surface area (Å²) in [5.41, 5.74) is 0.554. The van der Waals surface area contributed by atoms with Crippen LogP contribution < -0.4 is 10.6 Å². The van der Waals surface area contributed by atoms with E-state index in [1.165, 1.54) is 0 Å². The Morgan fingerprint density at radius 3 is 2.42 bits per heavy atom. The monoisotopic (exact) mass is 341 g/mol. The second-order valence-electron chi connectivity index (χ2n) is 6.13. The maximum absolute atomic E-state index is 12.1. The van der Waals surface area contributed by atoms with Gasteiger partial charge in [-0.25, -0.2) is 0 Å². The number of unbranched alkanes of at least 4 members (excludes halogenated alkanes) is 2. The molecule has 3 amide bonds. The molecule has 0 radical (unpaired) electrons. The van der Waals surface area contributed by atoms with Crippen molar-refractivity contribution in [1.82, 2.24) is 15.5 Å². The van der Waals surface area contributed by atoms with E-state index >= 15 is 0 Å². The lowest BCUT2D eigenvalue weighted by Crippen LogP contribution is -2.43. The van der Waals surface area contributed by atoms with Crippen molar-refractivity contribution in [3.8, 4) is 0 Å². The van der Waals surface area contributed by atoms with Crippen LogP contribution in [0.15, 0.2) is 11.6 Å². The fraction of sp³-hybridized carbons (Fsp3) is 0.706. The molecule has 1 atom stereocenters. The molecule has 7 nitrogen and oxygen atoms in total. The molecule has 7 heteroatoms. The Morgan fingerprint density at radius 2 is 1.88 bits per heavy atom. The molecule has 0 unspecified atom stereocenters. The van der Waals surface area contributed by atoms with E-state index < -0.39 is 0 Å². The highest BCUT2D eigenvalue weighted by molar-refractivity contribution is 5.93. The quantitative estimate of drug-likeness (QED) is 0.272. The van der Waals surface area contributed by atoms with Crippen LogP contribution in [0.5, 0.6) is 0 Å². The third-order valence-electron chi connectivity index (χ3n) is 3.76. The molecule has 0 aromatic carbocycles. The average molecular weight is 341 g/mol. The number of carbonyl (C=O) groups excluding carboxylic acids is 3. The number of likely N-dealkylation sites (N-methyl/N-ethyl adjacent to an activating group) is 1. The highest BCUT2D eigenvalue weighted by Gasteiger charge is 2.21. The van der Waals surface area contributed by atoms with Crippen LogP contribution in [-0.4, -0.2) is 61.0 Å². The predicted molar refractivity (Wildman–Crippen MR) is 93.2 cm³/mol. The van der Waals surface area contributed by atoms with Crippen molar-refractivity contribution in [2.75, 3.05) is 26.7 Å². The fourth-order valence-corrected chi connectivity index (χ4v) is 2.26. The van der Waals surface area contributed by atoms with Gasteiger partial charge in [-0.15, -0.1) is 0 Å². The summed E-state index contributed by atoms with van der Waals surface area (Å²) in [6, 6.07) is -0.230. The van der Waals surface area contributed by atoms with Gasteiger partial charge in [0, 0.05) is 25.8 Å². The second-order valence-corrected chi connectivity index (χ2v) is 6.13. The number of aliphatic hydroxyl groups is 1. The van der Waals surface area contributed by atoms with Gasteiger partial charge in [-0.2, -0.15) is 0 Å². The Morgan fingerprint density at radius 1 is 1.21 bits per heavy atom. The topological polar surface area (TPSA) is 98.7 Å². The Kier molecular flexibility index (Phi) is 11.5. The molecule has 0 aliphatic heterocycles. The van der Waals surface area contributed by atoms with E-state index in [-0.39, 0.29) is 36.9 Å². The summed E-state index contributed by atoms with van der Waals surface area (Å²) >= 11 is 0. The summed E-state index contributed by atoms with van der Waals surface area (Å²) in [6.07, 6.45) is 4.70. The third kappa shape index (κ3) is 8.67. The first-order chi connectivity index (χ1) is 11.3. The molecule has 0 aromatic rings. The molecule has 0 fully saturated rings. The first kappa shape index (κ1) is 22.1. The van der Waals surface area contributed by atoms with Gasteiger partial charge in [-0.1, -0.05) is 19.9 Å². The van der Waals surface area contributed by atoms with Crippen molar-refractivity contribution in [2.45, 2.75) is 46.1 Å². The van der Waals surface area contributed by atoms with Gasteiger partial charge in [0.2, 0.25) is 18.2 Å². The minimum Gasteiger partial charge on any atom is -0.396 e. The highest BCUT2D eigenvalue weighted by atomic mass is 16.3. The van der Waals surface area contributed by atoms with Gasteiger partial charge in [0.25, 0.3) is 0 Å². The van der Waals surface area contributed by atoms with Crippen molar-refractivity contribution in [3.63, 3.8) is 0 Å². The smallest absolute Gasteiger partial charge is 0.246 e. The first-order valence-corrected chi connectivity index (χ1v) is 8.35. The van der Waals surface area contributed by atoms with Crippen LogP contribution >= 0.6 is 0 Å². The Hall–Kier alpha value is -1.89. The van der Waals surface area contributed by atoms with Gasteiger partial charge in [0.15, 0.2) is 0 Å². The number of carbonyl (C=O) groups is 3. The molecule has 0 aromatic heterocycles. The summed E-state index contributed by atoms with van der Waals surface area (Å²) in [5.74, 6) is -0.242. The minimum atomic E-state index is -0.230. The predicted octanol–water partition coefficient (Wildman–Crippen LogP) is 0.441. The second kappa shape index (κ2) is 12.5. The molecular formula is C17H31N3O4. The summed E-state index contributed by atoms with van der Waals surface area (Å²) < 4.78 is 0. The number of rotatable bonds is 12. The van der Waals surface area contributed by atoms with E-state index in [1.54, 1.807) is 24.9 Å². The summed E-state index contributed by atoms with van der Waals surface area (Å²) in [6.45, 7) is 6.33.